The molecule has 0 aromatic heterocycles. The Balaban J connectivity index is 1.48. The largest absolute Gasteiger partial charge is 0.457 e. The molecule has 1 fully saturated rings. The fraction of sp³-hybridized carbons (Fsp3) is 0.519. The second-order valence-electron chi connectivity index (χ2n) is 9.51. The van der Waals surface area contributed by atoms with Crippen molar-refractivity contribution in [1.82, 2.24) is 15.1 Å². The minimum absolute atomic E-state index is 0.0164. The molecule has 1 heterocycles. The van der Waals surface area contributed by atoms with Gasteiger partial charge in [-0.15, -0.1) is 0 Å². The minimum Gasteiger partial charge on any atom is -0.457 e. The summed E-state index contributed by atoms with van der Waals surface area (Å²) in [7, 11) is -3.31. The number of hydrogen-bond donors (Lipinski definition) is 3. The topological polar surface area (TPSA) is 111 Å². The number of piperidine rings is 1. The first-order valence-corrected chi connectivity index (χ1v) is 14.9. The van der Waals surface area contributed by atoms with Crippen LogP contribution in [0.1, 0.15) is 44.6 Å². The highest BCUT2D eigenvalue weighted by molar-refractivity contribution is 7.92. The number of hydrogen-bond acceptors (Lipinski definition) is 6. The highest BCUT2D eigenvalue weighted by Gasteiger charge is 2.27. The molecule has 2 amide bonds. The van der Waals surface area contributed by atoms with Gasteiger partial charge in [-0.3, -0.25) is 9.62 Å². The third kappa shape index (κ3) is 9.87. The molecule has 1 saturated heterocycles. The van der Waals surface area contributed by atoms with Crippen molar-refractivity contribution in [2.75, 3.05) is 43.8 Å². The SMILES string of the molecule is CCCCN(C(=O)NCCCO)C1CCN(Cc2ccc(Oc3ccc(NS(C)(=O)=O)cc3)cc2)CC1. The van der Waals surface area contributed by atoms with Crippen molar-refractivity contribution in [3.63, 3.8) is 0 Å². The van der Waals surface area contributed by atoms with Gasteiger partial charge in [0.2, 0.25) is 10.0 Å². The summed E-state index contributed by atoms with van der Waals surface area (Å²) in [5.41, 5.74) is 1.69. The number of carbonyl (C=O) groups excluding carboxylic acids is 1. The zero-order chi connectivity index (χ0) is 26.7. The van der Waals surface area contributed by atoms with E-state index in [2.05, 4.69) is 34.0 Å². The Kier molecular flexibility index (Phi) is 11.0. The van der Waals surface area contributed by atoms with E-state index in [4.69, 9.17) is 9.84 Å². The zero-order valence-corrected chi connectivity index (χ0v) is 22.7. The van der Waals surface area contributed by atoms with E-state index in [1.165, 1.54) is 5.56 Å². The number of amides is 2. The third-order valence-corrected chi connectivity index (χ3v) is 6.95. The van der Waals surface area contributed by atoms with Crippen molar-refractivity contribution in [3.05, 3.63) is 54.1 Å². The molecule has 3 rings (SSSR count). The number of benzene rings is 2. The molecule has 10 heteroatoms. The first kappa shape index (κ1) is 28.7. The molecule has 0 bridgehead atoms. The molecule has 0 atom stereocenters. The molecule has 0 unspecified atom stereocenters. The molecule has 0 aliphatic carbocycles. The first-order valence-electron chi connectivity index (χ1n) is 13.0. The summed E-state index contributed by atoms with van der Waals surface area (Å²) in [6.45, 7) is 6.20. The van der Waals surface area contributed by atoms with Gasteiger partial charge in [-0.1, -0.05) is 25.5 Å². The van der Waals surface area contributed by atoms with Gasteiger partial charge >= 0.3 is 6.03 Å². The van der Waals surface area contributed by atoms with Crippen LogP contribution in [0.3, 0.4) is 0 Å². The maximum absolute atomic E-state index is 12.7. The summed E-state index contributed by atoms with van der Waals surface area (Å²) in [5, 5.41) is 11.9. The third-order valence-electron chi connectivity index (χ3n) is 6.35. The summed E-state index contributed by atoms with van der Waals surface area (Å²) >= 11 is 0. The van der Waals surface area contributed by atoms with Gasteiger partial charge in [0.1, 0.15) is 11.5 Å². The Morgan fingerprint density at radius 2 is 1.68 bits per heavy atom. The van der Waals surface area contributed by atoms with Crippen LogP contribution in [0.5, 0.6) is 11.5 Å². The van der Waals surface area contributed by atoms with Gasteiger partial charge in [-0.2, -0.15) is 0 Å². The van der Waals surface area contributed by atoms with Crippen molar-refractivity contribution in [2.24, 2.45) is 0 Å². The number of carbonyl (C=O) groups is 1. The van der Waals surface area contributed by atoms with Gasteiger partial charge in [0.15, 0.2) is 0 Å². The molecule has 1 aliphatic heterocycles. The molecule has 2 aromatic rings. The van der Waals surface area contributed by atoms with E-state index in [1.807, 2.05) is 17.0 Å². The first-order chi connectivity index (χ1) is 17.8. The highest BCUT2D eigenvalue weighted by Crippen LogP contribution is 2.25. The summed E-state index contributed by atoms with van der Waals surface area (Å²) in [6.07, 6.45) is 5.62. The second-order valence-corrected chi connectivity index (χ2v) is 11.3. The summed E-state index contributed by atoms with van der Waals surface area (Å²) in [6, 6.07) is 15.0. The fourth-order valence-corrected chi connectivity index (χ4v) is 4.97. The monoisotopic (exact) mass is 532 g/mol. The van der Waals surface area contributed by atoms with E-state index in [-0.39, 0.29) is 18.7 Å². The van der Waals surface area contributed by atoms with Crippen LogP contribution in [0.4, 0.5) is 10.5 Å². The molecule has 37 heavy (non-hydrogen) atoms. The van der Waals surface area contributed by atoms with E-state index in [9.17, 15) is 13.2 Å². The van der Waals surface area contributed by atoms with Crippen LogP contribution in [0.15, 0.2) is 48.5 Å². The van der Waals surface area contributed by atoms with E-state index in [0.29, 0.717) is 30.2 Å². The van der Waals surface area contributed by atoms with Crippen LogP contribution in [0.2, 0.25) is 0 Å². The highest BCUT2D eigenvalue weighted by atomic mass is 32.2. The van der Waals surface area contributed by atoms with Crippen LogP contribution in [0.25, 0.3) is 0 Å². The van der Waals surface area contributed by atoms with Gasteiger partial charge in [0.25, 0.3) is 0 Å². The Morgan fingerprint density at radius 1 is 1.05 bits per heavy atom. The number of unbranched alkanes of at least 4 members (excludes halogenated alkanes) is 1. The number of aliphatic hydroxyl groups is 1. The molecule has 9 nitrogen and oxygen atoms in total. The van der Waals surface area contributed by atoms with Gasteiger partial charge in [-0.25, -0.2) is 13.2 Å². The Morgan fingerprint density at radius 3 is 2.24 bits per heavy atom. The smallest absolute Gasteiger partial charge is 0.317 e. The van der Waals surface area contributed by atoms with Crippen LogP contribution >= 0.6 is 0 Å². The number of anilines is 1. The maximum Gasteiger partial charge on any atom is 0.317 e. The molecule has 1 aliphatic rings. The number of likely N-dealkylation sites (tertiary alicyclic amines) is 1. The lowest BCUT2D eigenvalue weighted by Gasteiger charge is -2.38. The quantitative estimate of drug-likeness (QED) is 0.336. The van der Waals surface area contributed by atoms with Gasteiger partial charge in [0, 0.05) is 51.1 Å². The average Bonchev–Trinajstić information content (AvgIpc) is 2.87. The van der Waals surface area contributed by atoms with Crippen molar-refractivity contribution < 1.29 is 23.1 Å². The number of rotatable bonds is 13. The lowest BCUT2D eigenvalue weighted by molar-refractivity contribution is 0.116. The van der Waals surface area contributed by atoms with E-state index < -0.39 is 10.0 Å². The predicted molar refractivity (Wildman–Crippen MR) is 146 cm³/mol. The maximum atomic E-state index is 12.7. The second kappa shape index (κ2) is 14.2. The Labute approximate surface area is 220 Å². The molecule has 0 spiro atoms. The van der Waals surface area contributed by atoms with Crippen molar-refractivity contribution >= 4 is 21.7 Å². The molecular formula is C27H40N4O5S. The molecule has 3 N–H and O–H groups in total. The molecule has 204 valence electrons. The van der Waals surface area contributed by atoms with Gasteiger partial charge in [-0.05, 0) is 67.6 Å². The fourth-order valence-electron chi connectivity index (χ4n) is 4.41. The summed E-state index contributed by atoms with van der Waals surface area (Å²) in [5.74, 6) is 1.34. The summed E-state index contributed by atoms with van der Waals surface area (Å²) < 4.78 is 31.0. The predicted octanol–water partition coefficient (Wildman–Crippen LogP) is 4.01. The number of urea groups is 1. The number of sulfonamides is 1. The van der Waals surface area contributed by atoms with Crippen molar-refractivity contribution in [1.29, 1.82) is 0 Å². The number of nitrogens with one attached hydrogen (secondary N) is 2. The lowest BCUT2D eigenvalue weighted by atomic mass is 10.0. The van der Waals surface area contributed by atoms with Crippen LogP contribution in [-0.4, -0.2) is 74.4 Å². The molecule has 2 aromatic carbocycles. The van der Waals surface area contributed by atoms with Crippen molar-refractivity contribution in [2.45, 2.75) is 51.6 Å². The Bertz CT molecular complexity index is 1070. The molecule has 0 radical (unpaired) electrons. The zero-order valence-electron chi connectivity index (χ0n) is 21.9. The minimum atomic E-state index is -3.31. The van der Waals surface area contributed by atoms with Crippen LogP contribution < -0.4 is 14.8 Å². The normalized spacial score (nSPS) is 14.8. The van der Waals surface area contributed by atoms with Crippen LogP contribution in [-0.2, 0) is 16.6 Å². The molecule has 0 saturated carbocycles. The number of nitrogens with zero attached hydrogens (tertiary/aromatic N) is 2. The molecular weight excluding hydrogens is 492 g/mol. The lowest BCUT2D eigenvalue weighted by Crippen LogP contribution is -2.51. The van der Waals surface area contributed by atoms with E-state index >= 15 is 0 Å². The average molecular weight is 533 g/mol. The van der Waals surface area contributed by atoms with E-state index in [0.717, 1.165) is 58.1 Å². The number of ether oxygens (including phenoxy) is 1. The number of aliphatic hydroxyl groups excluding tert-OH is 1. The van der Waals surface area contributed by atoms with Gasteiger partial charge < -0.3 is 20.1 Å². The standard InChI is InChI=1S/C27H40N4O5S/c1-3-4-17-31(27(33)28-16-5-20-32)24-14-18-30(19-15-24)21-22-6-10-25(11-7-22)36-26-12-8-23(9-13-26)29-37(2,34)35/h6-13,24,29,32H,3-5,14-21H2,1-2H3,(H,28,33). The van der Waals surface area contributed by atoms with Gasteiger partial charge in [0.05, 0.1) is 6.26 Å². The van der Waals surface area contributed by atoms with Crippen LogP contribution in [0, 0.1) is 0 Å². The van der Waals surface area contributed by atoms with E-state index in [1.54, 1.807) is 24.3 Å². The Hall–Kier alpha value is -2.82. The summed E-state index contributed by atoms with van der Waals surface area (Å²) in [4.78, 5) is 17.1. The van der Waals surface area contributed by atoms with Crippen molar-refractivity contribution in [3.8, 4) is 11.5 Å².